The van der Waals surface area contributed by atoms with E-state index in [1.807, 2.05) is 13.2 Å². The van der Waals surface area contributed by atoms with Crippen LogP contribution >= 0.6 is 0 Å². The molecule has 1 amide bonds. The van der Waals surface area contributed by atoms with E-state index >= 15 is 0 Å². The zero-order valence-electron chi connectivity index (χ0n) is 15.2. The average Bonchev–Trinajstić information content (AvgIpc) is 3.01. The van der Waals surface area contributed by atoms with Crippen LogP contribution in [0.25, 0.3) is 0 Å². The highest BCUT2D eigenvalue weighted by atomic mass is 16.1. The Morgan fingerprint density at radius 3 is 2.64 bits per heavy atom. The molecule has 0 spiro atoms. The molecule has 134 valence electrons. The number of amides is 1. The van der Waals surface area contributed by atoms with E-state index in [4.69, 9.17) is 0 Å². The molecule has 1 atom stereocenters. The molecule has 1 aliphatic rings. The number of likely N-dealkylation sites (tertiary alicyclic amines) is 1. The largest absolute Gasteiger partial charge is 0.352 e. The van der Waals surface area contributed by atoms with Gasteiger partial charge in [0.25, 0.3) is 0 Å². The van der Waals surface area contributed by atoms with Gasteiger partial charge in [0.1, 0.15) is 0 Å². The molecule has 1 aromatic heterocycles. The molecule has 1 aromatic carbocycles. The first-order valence-electron chi connectivity index (χ1n) is 9.16. The average molecular weight is 340 g/mol. The maximum absolute atomic E-state index is 12.0. The van der Waals surface area contributed by atoms with Gasteiger partial charge in [-0.3, -0.25) is 14.4 Å². The third-order valence-corrected chi connectivity index (χ3v) is 4.96. The molecule has 1 aliphatic heterocycles. The van der Waals surface area contributed by atoms with Gasteiger partial charge < -0.3 is 5.32 Å². The Labute approximate surface area is 150 Å². The van der Waals surface area contributed by atoms with Crippen molar-refractivity contribution >= 4 is 5.91 Å². The topological polar surface area (TPSA) is 50.2 Å². The third-order valence-electron chi connectivity index (χ3n) is 4.96. The molecule has 1 N–H and O–H groups in total. The van der Waals surface area contributed by atoms with Crippen molar-refractivity contribution in [3.05, 3.63) is 53.3 Å². The minimum absolute atomic E-state index is 0.0271. The predicted octanol–water partition coefficient (Wildman–Crippen LogP) is 2.65. The maximum Gasteiger partial charge on any atom is 0.224 e. The molecule has 0 bridgehead atoms. The zero-order chi connectivity index (χ0) is 17.6. The summed E-state index contributed by atoms with van der Waals surface area (Å²) in [6, 6.07) is 9.29. The number of nitrogens with zero attached hydrogens (tertiary/aromatic N) is 3. The molecule has 5 heteroatoms. The minimum Gasteiger partial charge on any atom is -0.352 e. The molecule has 2 aromatic rings. The van der Waals surface area contributed by atoms with Gasteiger partial charge in [0.2, 0.25) is 5.91 Å². The van der Waals surface area contributed by atoms with Crippen molar-refractivity contribution in [2.75, 3.05) is 6.54 Å². The van der Waals surface area contributed by atoms with Gasteiger partial charge in [-0.15, -0.1) is 0 Å². The molecule has 1 unspecified atom stereocenters. The fourth-order valence-corrected chi connectivity index (χ4v) is 3.40. The number of piperidine rings is 1. The lowest BCUT2D eigenvalue weighted by Gasteiger charge is -2.33. The predicted molar refractivity (Wildman–Crippen MR) is 98.9 cm³/mol. The molecule has 2 heterocycles. The fraction of sp³-hybridized carbons (Fsp3) is 0.500. The highest BCUT2D eigenvalue weighted by Gasteiger charge is 2.17. The Morgan fingerprint density at radius 1 is 1.20 bits per heavy atom. The normalized spacial score (nSPS) is 18.2. The van der Waals surface area contributed by atoms with Crippen molar-refractivity contribution in [1.82, 2.24) is 20.0 Å². The Balaban J connectivity index is 1.46. The summed E-state index contributed by atoms with van der Waals surface area (Å²) in [4.78, 5) is 14.6. The molecular formula is C20H28N4O. The van der Waals surface area contributed by atoms with Gasteiger partial charge in [-0.2, -0.15) is 5.10 Å². The molecule has 1 saturated heterocycles. The summed E-state index contributed by atoms with van der Waals surface area (Å²) in [5.41, 5.74) is 3.42. The first kappa shape index (κ1) is 17.7. The van der Waals surface area contributed by atoms with E-state index in [0.717, 1.165) is 17.7 Å². The minimum atomic E-state index is 0.0271. The van der Waals surface area contributed by atoms with Crippen LogP contribution in [0.5, 0.6) is 0 Å². The van der Waals surface area contributed by atoms with Crippen LogP contribution in [-0.2, 0) is 31.4 Å². The van der Waals surface area contributed by atoms with Gasteiger partial charge in [0.15, 0.2) is 0 Å². The molecule has 0 radical (unpaired) electrons. The Kier molecular flexibility index (Phi) is 5.87. The van der Waals surface area contributed by atoms with Crippen LogP contribution in [0, 0.1) is 0 Å². The summed E-state index contributed by atoms with van der Waals surface area (Å²) in [6.07, 6.45) is 7.95. The van der Waals surface area contributed by atoms with E-state index in [1.165, 1.54) is 31.4 Å². The number of aromatic nitrogens is 2. The standard InChI is InChI=1S/C20H28N4O/c1-16-5-3-4-10-24(16)15-18-8-6-17(7-9-18)12-21-20(25)11-19-13-22-23(2)14-19/h6-9,13-14,16H,3-5,10-12,15H2,1-2H3,(H,21,25). The van der Waals surface area contributed by atoms with E-state index in [1.54, 1.807) is 10.9 Å². The monoisotopic (exact) mass is 340 g/mol. The summed E-state index contributed by atoms with van der Waals surface area (Å²) in [5.74, 6) is 0.0271. The molecule has 25 heavy (non-hydrogen) atoms. The van der Waals surface area contributed by atoms with E-state index in [0.29, 0.717) is 19.0 Å². The first-order valence-corrected chi connectivity index (χ1v) is 9.16. The second kappa shape index (κ2) is 8.30. The Hall–Kier alpha value is -2.14. The van der Waals surface area contributed by atoms with Crippen LogP contribution in [-0.4, -0.2) is 33.2 Å². The third kappa shape index (κ3) is 5.16. The lowest BCUT2D eigenvalue weighted by Crippen LogP contribution is -2.36. The van der Waals surface area contributed by atoms with Crippen molar-refractivity contribution in [2.45, 2.75) is 51.7 Å². The number of hydrogen-bond acceptors (Lipinski definition) is 3. The van der Waals surface area contributed by atoms with Crippen molar-refractivity contribution in [3.63, 3.8) is 0 Å². The van der Waals surface area contributed by atoms with Crippen LogP contribution in [0.3, 0.4) is 0 Å². The number of nitrogens with one attached hydrogen (secondary N) is 1. The van der Waals surface area contributed by atoms with Gasteiger partial charge >= 0.3 is 0 Å². The molecular weight excluding hydrogens is 312 g/mol. The Bertz CT molecular complexity index is 692. The van der Waals surface area contributed by atoms with Gasteiger partial charge in [0, 0.05) is 32.4 Å². The molecule has 0 aliphatic carbocycles. The number of rotatable bonds is 6. The van der Waals surface area contributed by atoms with Crippen molar-refractivity contribution in [2.24, 2.45) is 7.05 Å². The van der Waals surface area contributed by atoms with Crippen molar-refractivity contribution in [3.8, 4) is 0 Å². The molecule has 1 fully saturated rings. The lowest BCUT2D eigenvalue weighted by molar-refractivity contribution is -0.120. The summed E-state index contributed by atoms with van der Waals surface area (Å²) < 4.78 is 1.71. The summed E-state index contributed by atoms with van der Waals surface area (Å²) >= 11 is 0. The van der Waals surface area contributed by atoms with Crippen LogP contribution in [0.15, 0.2) is 36.7 Å². The zero-order valence-corrected chi connectivity index (χ0v) is 15.2. The highest BCUT2D eigenvalue weighted by Crippen LogP contribution is 2.19. The van der Waals surface area contributed by atoms with E-state index in [2.05, 4.69) is 46.5 Å². The maximum atomic E-state index is 12.0. The van der Waals surface area contributed by atoms with Crippen LogP contribution < -0.4 is 5.32 Å². The number of carbonyl (C=O) groups is 1. The smallest absolute Gasteiger partial charge is 0.224 e. The molecule has 3 rings (SSSR count). The first-order chi connectivity index (χ1) is 12.1. The van der Waals surface area contributed by atoms with Gasteiger partial charge in [0.05, 0.1) is 12.6 Å². The lowest BCUT2D eigenvalue weighted by atomic mass is 10.0. The second-order valence-corrected chi connectivity index (χ2v) is 7.11. The molecule has 5 nitrogen and oxygen atoms in total. The van der Waals surface area contributed by atoms with Crippen LogP contribution in [0.1, 0.15) is 42.9 Å². The van der Waals surface area contributed by atoms with Gasteiger partial charge in [-0.05, 0) is 43.0 Å². The summed E-state index contributed by atoms with van der Waals surface area (Å²) in [5, 5.41) is 7.06. The van der Waals surface area contributed by atoms with E-state index < -0.39 is 0 Å². The van der Waals surface area contributed by atoms with Crippen LogP contribution in [0.4, 0.5) is 0 Å². The molecule has 0 saturated carbocycles. The van der Waals surface area contributed by atoms with Crippen molar-refractivity contribution < 1.29 is 4.79 Å². The summed E-state index contributed by atoms with van der Waals surface area (Å²) in [6.45, 7) is 5.12. The van der Waals surface area contributed by atoms with Crippen molar-refractivity contribution in [1.29, 1.82) is 0 Å². The number of carbonyl (C=O) groups excluding carboxylic acids is 1. The second-order valence-electron chi connectivity index (χ2n) is 7.11. The SMILES string of the molecule is CC1CCCCN1Cc1ccc(CNC(=O)Cc2cnn(C)c2)cc1. The number of aryl methyl sites for hydroxylation is 1. The number of benzene rings is 1. The number of hydrogen-bond donors (Lipinski definition) is 1. The van der Waals surface area contributed by atoms with E-state index in [9.17, 15) is 4.79 Å². The van der Waals surface area contributed by atoms with E-state index in [-0.39, 0.29) is 5.91 Å². The van der Waals surface area contributed by atoms with Gasteiger partial charge in [-0.1, -0.05) is 30.7 Å². The fourth-order valence-electron chi connectivity index (χ4n) is 3.40. The van der Waals surface area contributed by atoms with Crippen LogP contribution in [0.2, 0.25) is 0 Å². The van der Waals surface area contributed by atoms with Gasteiger partial charge in [-0.25, -0.2) is 0 Å². The quantitative estimate of drug-likeness (QED) is 0.879. The Morgan fingerprint density at radius 2 is 1.96 bits per heavy atom. The summed E-state index contributed by atoms with van der Waals surface area (Å²) in [7, 11) is 1.85. The highest BCUT2D eigenvalue weighted by molar-refractivity contribution is 5.78.